The average molecular weight is 227 g/mol. The molecule has 1 aliphatic rings. The van der Waals surface area contributed by atoms with Crippen molar-refractivity contribution in [2.45, 2.75) is 52.2 Å². The predicted molar refractivity (Wildman–Crippen MR) is 66.4 cm³/mol. The summed E-state index contributed by atoms with van der Waals surface area (Å²) < 4.78 is 0. The lowest BCUT2D eigenvalue weighted by Gasteiger charge is -2.35. The van der Waals surface area contributed by atoms with Gasteiger partial charge in [0.2, 0.25) is 5.91 Å². The second-order valence-corrected chi connectivity index (χ2v) is 5.04. The smallest absolute Gasteiger partial charge is 0.234 e. The maximum absolute atomic E-state index is 11.7. The van der Waals surface area contributed by atoms with Crippen LogP contribution in [0.15, 0.2) is 0 Å². The number of rotatable bonds is 4. The topological polar surface area (TPSA) is 44.4 Å². The molecule has 16 heavy (non-hydrogen) atoms. The van der Waals surface area contributed by atoms with Gasteiger partial charge in [-0.2, -0.15) is 0 Å². The van der Waals surface area contributed by atoms with Gasteiger partial charge < -0.3 is 10.6 Å². The summed E-state index contributed by atoms with van der Waals surface area (Å²) in [4.78, 5) is 13.9. The summed E-state index contributed by atoms with van der Waals surface area (Å²) in [5.41, 5.74) is 0. The summed E-state index contributed by atoms with van der Waals surface area (Å²) in [6.45, 7) is 10.9. The second kappa shape index (κ2) is 6.21. The Kier molecular flexibility index (Phi) is 5.22. The predicted octanol–water partition coefficient (Wildman–Crippen LogP) is 0.583. The molecule has 0 radical (unpaired) electrons. The van der Waals surface area contributed by atoms with E-state index in [2.05, 4.69) is 36.3 Å². The molecule has 0 saturated carbocycles. The van der Waals surface area contributed by atoms with E-state index in [-0.39, 0.29) is 11.9 Å². The van der Waals surface area contributed by atoms with Crippen LogP contribution in [-0.4, -0.2) is 48.6 Å². The van der Waals surface area contributed by atoms with Gasteiger partial charge in [0.25, 0.3) is 0 Å². The number of amides is 1. The number of piperazine rings is 1. The summed E-state index contributed by atoms with van der Waals surface area (Å²) in [5.74, 6) is 0.149. The monoisotopic (exact) mass is 227 g/mol. The van der Waals surface area contributed by atoms with Crippen molar-refractivity contribution in [3.05, 3.63) is 0 Å². The zero-order valence-corrected chi connectivity index (χ0v) is 10.9. The molecule has 0 aromatic rings. The zero-order valence-electron chi connectivity index (χ0n) is 10.9. The second-order valence-electron chi connectivity index (χ2n) is 5.04. The molecule has 1 aliphatic heterocycles. The van der Waals surface area contributed by atoms with Crippen LogP contribution >= 0.6 is 0 Å². The third kappa shape index (κ3) is 4.49. The van der Waals surface area contributed by atoms with Crippen LogP contribution in [0.25, 0.3) is 0 Å². The highest BCUT2D eigenvalue weighted by atomic mass is 16.2. The highest BCUT2D eigenvalue weighted by molar-refractivity contribution is 5.78. The van der Waals surface area contributed by atoms with Gasteiger partial charge in [-0.25, -0.2) is 0 Å². The SMILES string of the molecule is CCC(C)NC(=O)CN1CC(C)NC(C)C1. The molecule has 0 aromatic heterocycles. The third-order valence-electron chi connectivity index (χ3n) is 3.02. The van der Waals surface area contributed by atoms with Crippen LogP contribution in [0, 0.1) is 0 Å². The first-order valence-corrected chi connectivity index (χ1v) is 6.29. The summed E-state index contributed by atoms with van der Waals surface area (Å²) in [7, 11) is 0. The minimum atomic E-state index is 0.149. The molecule has 0 bridgehead atoms. The lowest BCUT2D eigenvalue weighted by atomic mass is 10.1. The Morgan fingerprint density at radius 1 is 1.44 bits per heavy atom. The molecule has 3 atom stereocenters. The number of hydrogen-bond acceptors (Lipinski definition) is 3. The summed E-state index contributed by atoms with van der Waals surface area (Å²) in [6.07, 6.45) is 0.986. The fraction of sp³-hybridized carbons (Fsp3) is 0.917. The van der Waals surface area contributed by atoms with E-state index in [1.54, 1.807) is 0 Å². The van der Waals surface area contributed by atoms with Gasteiger partial charge in [-0.1, -0.05) is 6.92 Å². The molecule has 1 saturated heterocycles. The largest absolute Gasteiger partial charge is 0.353 e. The highest BCUT2D eigenvalue weighted by Gasteiger charge is 2.22. The van der Waals surface area contributed by atoms with Gasteiger partial charge in [0.05, 0.1) is 6.54 Å². The van der Waals surface area contributed by atoms with Crippen molar-refractivity contribution in [1.29, 1.82) is 0 Å². The Morgan fingerprint density at radius 2 is 2.00 bits per heavy atom. The van der Waals surface area contributed by atoms with E-state index in [9.17, 15) is 4.79 Å². The van der Waals surface area contributed by atoms with E-state index in [1.807, 2.05) is 6.92 Å². The van der Waals surface area contributed by atoms with E-state index in [4.69, 9.17) is 0 Å². The van der Waals surface area contributed by atoms with Crippen molar-refractivity contribution in [1.82, 2.24) is 15.5 Å². The van der Waals surface area contributed by atoms with E-state index in [0.717, 1.165) is 19.5 Å². The number of hydrogen-bond donors (Lipinski definition) is 2. The molecule has 2 N–H and O–H groups in total. The van der Waals surface area contributed by atoms with E-state index in [1.165, 1.54) is 0 Å². The minimum absolute atomic E-state index is 0.149. The van der Waals surface area contributed by atoms with Gasteiger partial charge in [-0.15, -0.1) is 0 Å². The molecule has 1 amide bonds. The molecule has 1 rings (SSSR count). The summed E-state index contributed by atoms with van der Waals surface area (Å²) in [6, 6.07) is 1.23. The standard InChI is InChI=1S/C12H25N3O/c1-5-9(2)14-12(16)8-15-6-10(3)13-11(4)7-15/h9-11,13H,5-8H2,1-4H3,(H,14,16). The van der Waals surface area contributed by atoms with Gasteiger partial charge in [0.15, 0.2) is 0 Å². The molecule has 0 spiro atoms. The summed E-state index contributed by atoms with van der Waals surface area (Å²) >= 11 is 0. The maximum Gasteiger partial charge on any atom is 0.234 e. The van der Waals surface area contributed by atoms with Crippen LogP contribution in [0.2, 0.25) is 0 Å². The number of nitrogens with one attached hydrogen (secondary N) is 2. The van der Waals surface area contributed by atoms with Crippen molar-refractivity contribution in [3.8, 4) is 0 Å². The molecular weight excluding hydrogens is 202 g/mol. The van der Waals surface area contributed by atoms with E-state index >= 15 is 0 Å². The Morgan fingerprint density at radius 3 is 2.50 bits per heavy atom. The summed E-state index contributed by atoms with van der Waals surface area (Å²) in [5, 5.41) is 6.47. The number of carbonyl (C=O) groups is 1. The van der Waals surface area contributed by atoms with Crippen molar-refractivity contribution in [2.24, 2.45) is 0 Å². The first-order chi connectivity index (χ1) is 7.51. The van der Waals surface area contributed by atoms with Crippen molar-refractivity contribution in [3.63, 3.8) is 0 Å². The van der Waals surface area contributed by atoms with E-state index in [0.29, 0.717) is 18.6 Å². The molecular formula is C12H25N3O. The Bertz CT molecular complexity index is 222. The molecule has 0 aromatic carbocycles. The molecule has 3 unspecified atom stereocenters. The number of nitrogens with zero attached hydrogens (tertiary/aromatic N) is 1. The number of carbonyl (C=O) groups excluding carboxylic acids is 1. The van der Waals surface area contributed by atoms with Crippen LogP contribution < -0.4 is 10.6 Å². The molecule has 1 heterocycles. The Hall–Kier alpha value is -0.610. The van der Waals surface area contributed by atoms with Crippen LogP contribution in [0.5, 0.6) is 0 Å². The van der Waals surface area contributed by atoms with Crippen molar-refractivity contribution < 1.29 is 4.79 Å². The minimum Gasteiger partial charge on any atom is -0.353 e. The van der Waals surface area contributed by atoms with Gasteiger partial charge in [-0.3, -0.25) is 9.69 Å². The average Bonchev–Trinajstić information content (AvgIpc) is 2.15. The molecule has 4 nitrogen and oxygen atoms in total. The molecule has 4 heteroatoms. The lowest BCUT2D eigenvalue weighted by Crippen LogP contribution is -2.56. The first-order valence-electron chi connectivity index (χ1n) is 6.29. The lowest BCUT2D eigenvalue weighted by molar-refractivity contribution is -0.123. The quantitative estimate of drug-likeness (QED) is 0.738. The van der Waals surface area contributed by atoms with Gasteiger partial charge in [0, 0.05) is 31.2 Å². The third-order valence-corrected chi connectivity index (χ3v) is 3.02. The van der Waals surface area contributed by atoms with Crippen LogP contribution in [0.4, 0.5) is 0 Å². The molecule has 94 valence electrons. The zero-order chi connectivity index (χ0) is 12.1. The Balaban J connectivity index is 2.33. The Labute approximate surface area is 98.8 Å². The van der Waals surface area contributed by atoms with Crippen LogP contribution in [-0.2, 0) is 4.79 Å². The fourth-order valence-corrected chi connectivity index (χ4v) is 2.19. The van der Waals surface area contributed by atoms with Crippen molar-refractivity contribution in [2.75, 3.05) is 19.6 Å². The highest BCUT2D eigenvalue weighted by Crippen LogP contribution is 2.03. The van der Waals surface area contributed by atoms with Gasteiger partial charge in [-0.05, 0) is 27.2 Å². The molecule has 0 aliphatic carbocycles. The normalized spacial score (nSPS) is 28.8. The van der Waals surface area contributed by atoms with Crippen molar-refractivity contribution >= 4 is 5.91 Å². The van der Waals surface area contributed by atoms with Crippen LogP contribution in [0.1, 0.15) is 34.1 Å². The van der Waals surface area contributed by atoms with E-state index < -0.39 is 0 Å². The molecule has 1 fully saturated rings. The first kappa shape index (κ1) is 13.5. The van der Waals surface area contributed by atoms with Gasteiger partial charge >= 0.3 is 0 Å². The maximum atomic E-state index is 11.7. The fourth-order valence-electron chi connectivity index (χ4n) is 2.19. The van der Waals surface area contributed by atoms with Crippen LogP contribution in [0.3, 0.4) is 0 Å². The van der Waals surface area contributed by atoms with Gasteiger partial charge in [0.1, 0.15) is 0 Å².